The number of carbonyl (C=O) groups is 1. The first-order chi connectivity index (χ1) is 9.21. The number of nitro benzene ring substituents is 1. The van der Waals surface area contributed by atoms with Crippen LogP contribution in [-0.2, 0) is 14.8 Å². The zero-order valence-electron chi connectivity index (χ0n) is 10.1. The van der Waals surface area contributed by atoms with Crippen molar-refractivity contribution in [2.45, 2.75) is 11.7 Å². The number of nitro groups is 1. The minimum Gasteiger partial charge on any atom is -0.505 e. The number of sulfonamides is 1. The van der Waals surface area contributed by atoms with E-state index in [-0.39, 0.29) is 18.7 Å². The number of rotatable bonds is 3. The number of hydrogen-bond donors (Lipinski definition) is 2. The van der Waals surface area contributed by atoms with Gasteiger partial charge in [-0.05, 0) is 6.07 Å². The van der Waals surface area contributed by atoms with Crippen LogP contribution in [0.3, 0.4) is 0 Å². The van der Waals surface area contributed by atoms with E-state index in [1.165, 1.54) is 12.1 Å². The average molecular weight is 301 g/mol. The van der Waals surface area contributed by atoms with Crippen LogP contribution in [0.15, 0.2) is 18.2 Å². The molecule has 0 radical (unpaired) electrons. The van der Waals surface area contributed by atoms with E-state index in [1.54, 1.807) is 0 Å². The number of aromatic hydroxyl groups is 1. The molecular weight excluding hydrogens is 290 g/mol. The van der Waals surface area contributed by atoms with E-state index in [4.69, 9.17) is 5.14 Å². The Morgan fingerprint density at radius 2 is 2.10 bits per heavy atom. The molecule has 1 aromatic rings. The van der Waals surface area contributed by atoms with Crippen LogP contribution < -0.4 is 10.0 Å². The Kier molecular flexibility index (Phi) is 3.36. The van der Waals surface area contributed by atoms with Crippen LogP contribution in [0.5, 0.6) is 5.75 Å². The molecule has 0 bridgehead atoms. The number of nitrogens with two attached hydrogens (primary N) is 1. The van der Waals surface area contributed by atoms with Crippen molar-refractivity contribution >= 4 is 27.3 Å². The highest BCUT2D eigenvalue weighted by atomic mass is 32.2. The standard InChI is InChI=1S/C10H11N3O6S/c11-20(18,19)6-4-9(15)12(5-6)10-7(13(16)17)2-1-3-8(10)14/h1-3,6,14H,4-5H2,(H2,11,18,19). The minimum atomic E-state index is -3.94. The average Bonchev–Trinajstić information content (AvgIpc) is 2.70. The summed E-state index contributed by atoms with van der Waals surface area (Å²) in [5.74, 6) is -1.11. The maximum atomic E-state index is 11.8. The van der Waals surface area contributed by atoms with E-state index >= 15 is 0 Å². The second kappa shape index (κ2) is 4.72. The number of carbonyl (C=O) groups excluding carboxylic acids is 1. The molecule has 2 rings (SSSR count). The second-order valence-corrected chi connectivity index (χ2v) is 6.17. The molecule has 10 heteroatoms. The lowest BCUT2D eigenvalue weighted by atomic mass is 10.2. The summed E-state index contributed by atoms with van der Waals surface area (Å²) in [6.45, 7) is -0.323. The van der Waals surface area contributed by atoms with Crippen LogP contribution in [0.25, 0.3) is 0 Å². The SMILES string of the molecule is NS(=O)(=O)C1CC(=O)N(c2c(O)cccc2[N+](=O)[O-])C1. The number of phenols is 1. The highest BCUT2D eigenvalue weighted by Crippen LogP contribution is 2.39. The molecule has 9 nitrogen and oxygen atoms in total. The van der Waals surface area contributed by atoms with Gasteiger partial charge in [-0.1, -0.05) is 6.07 Å². The Bertz CT molecular complexity index is 686. The van der Waals surface area contributed by atoms with Crippen molar-refractivity contribution in [3.05, 3.63) is 28.3 Å². The summed E-state index contributed by atoms with van der Waals surface area (Å²) in [7, 11) is -3.94. The maximum Gasteiger partial charge on any atom is 0.296 e. The molecule has 108 valence electrons. The predicted molar refractivity (Wildman–Crippen MR) is 68.6 cm³/mol. The Morgan fingerprint density at radius 3 is 2.60 bits per heavy atom. The van der Waals surface area contributed by atoms with Gasteiger partial charge in [-0.25, -0.2) is 13.6 Å². The highest BCUT2D eigenvalue weighted by Gasteiger charge is 2.40. The molecular formula is C10H11N3O6S. The van der Waals surface area contributed by atoms with Crippen LogP contribution in [-0.4, -0.2) is 36.1 Å². The zero-order chi connectivity index (χ0) is 15.1. The van der Waals surface area contributed by atoms with Crippen molar-refractivity contribution in [1.82, 2.24) is 0 Å². The minimum absolute atomic E-state index is 0.311. The van der Waals surface area contributed by atoms with Crippen LogP contribution in [0, 0.1) is 10.1 Å². The number of phenolic OH excluding ortho intramolecular Hbond substituents is 1. The van der Waals surface area contributed by atoms with Crippen molar-refractivity contribution in [2.75, 3.05) is 11.4 Å². The fraction of sp³-hybridized carbons (Fsp3) is 0.300. The van der Waals surface area contributed by atoms with Crippen LogP contribution in [0.2, 0.25) is 0 Å². The summed E-state index contributed by atoms with van der Waals surface area (Å²) in [6, 6.07) is 3.56. The van der Waals surface area contributed by atoms with E-state index < -0.39 is 37.5 Å². The topological polar surface area (TPSA) is 144 Å². The molecule has 1 saturated heterocycles. The smallest absolute Gasteiger partial charge is 0.296 e. The van der Waals surface area contributed by atoms with Gasteiger partial charge in [0.15, 0.2) is 5.69 Å². The first-order valence-corrected chi connectivity index (χ1v) is 7.11. The number of amides is 1. The molecule has 0 spiro atoms. The van der Waals surface area contributed by atoms with Crippen LogP contribution >= 0.6 is 0 Å². The summed E-state index contributed by atoms with van der Waals surface area (Å²) in [5, 5.41) is 24.5. The summed E-state index contributed by atoms with van der Waals surface area (Å²) in [6.07, 6.45) is -0.371. The van der Waals surface area contributed by atoms with Gasteiger partial charge in [0.05, 0.1) is 4.92 Å². The van der Waals surface area contributed by atoms with E-state index in [0.717, 1.165) is 11.0 Å². The van der Waals surface area contributed by atoms with E-state index in [1.807, 2.05) is 0 Å². The predicted octanol–water partition coefficient (Wildman–Crippen LogP) is -0.306. The number of benzene rings is 1. The Labute approximate surface area is 113 Å². The summed E-state index contributed by atoms with van der Waals surface area (Å²) in [4.78, 5) is 22.9. The summed E-state index contributed by atoms with van der Waals surface area (Å²) >= 11 is 0. The Hall–Kier alpha value is -2.20. The third kappa shape index (κ3) is 2.42. The fourth-order valence-electron chi connectivity index (χ4n) is 2.05. The molecule has 1 fully saturated rings. The lowest BCUT2D eigenvalue weighted by Gasteiger charge is -2.17. The number of hydrogen-bond acceptors (Lipinski definition) is 6. The monoisotopic (exact) mass is 301 g/mol. The molecule has 0 aromatic heterocycles. The summed E-state index contributed by atoms with van der Waals surface area (Å²) < 4.78 is 22.5. The Morgan fingerprint density at radius 1 is 1.45 bits per heavy atom. The molecule has 0 aliphatic carbocycles. The van der Waals surface area contributed by atoms with Crippen molar-refractivity contribution < 1.29 is 23.2 Å². The normalized spacial score (nSPS) is 19.4. The van der Waals surface area contributed by atoms with Gasteiger partial charge in [0, 0.05) is 19.0 Å². The van der Waals surface area contributed by atoms with Gasteiger partial charge in [-0.15, -0.1) is 0 Å². The van der Waals surface area contributed by atoms with E-state index in [2.05, 4.69) is 0 Å². The lowest BCUT2D eigenvalue weighted by Crippen LogP contribution is -2.32. The molecule has 1 heterocycles. The fourth-order valence-corrected chi connectivity index (χ4v) is 2.79. The largest absolute Gasteiger partial charge is 0.505 e. The molecule has 1 aromatic carbocycles. The van der Waals surface area contributed by atoms with Gasteiger partial charge in [0.2, 0.25) is 15.9 Å². The first kappa shape index (κ1) is 14.2. The lowest BCUT2D eigenvalue weighted by molar-refractivity contribution is -0.384. The number of anilines is 1. The van der Waals surface area contributed by atoms with Crippen molar-refractivity contribution in [3.63, 3.8) is 0 Å². The Balaban J connectivity index is 2.48. The molecule has 3 N–H and O–H groups in total. The first-order valence-electron chi connectivity index (χ1n) is 5.50. The number of primary sulfonamides is 1. The van der Waals surface area contributed by atoms with Crippen molar-refractivity contribution in [2.24, 2.45) is 5.14 Å². The maximum absolute atomic E-state index is 11.8. The molecule has 0 saturated carbocycles. The second-order valence-electron chi connectivity index (χ2n) is 4.32. The van der Waals surface area contributed by atoms with E-state index in [0.29, 0.717) is 0 Å². The van der Waals surface area contributed by atoms with Gasteiger partial charge in [0.25, 0.3) is 5.69 Å². The quantitative estimate of drug-likeness (QED) is 0.579. The highest BCUT2D eigenvalue weighted by molar-refractivity contribution is 7.89. The van der Waals surface area contributed by atoms with Gasteiger partial charge >= 0.3 is 0 Å². The van der Waals surface area contributed by atoms with Gasteiger partial charge in [-0.3, -0.25) is 14.9 Å². The summed E-state index contributed by atoms with van der Waals surface area (Å²) in [5.41, 5.74) is -0.790. The number of para-hydroxylation sites is 1. The van der Waals surface area contributed by atoms with E-state index in [9.17, 15) is 28.4 Å². The van der Waals surface area contributed by atoms with Crippen molar-refractivity contribution in [1.29, 1.82) is 0 Å². The van der Waals surface area contributed by atoms with Gasteiger partial charge < -0.3 is 10.0 Å². The van der Waals surface area contributed by atoms with Gasteiger partial charge in [-0.2, -0.15) is 0 Å². The third-order valence-corrected chi connectivity index (χ3v) is 4.26. The molecule has 1 amide bonds. The molecule has 1 aliphatic rings. The molecule has 1 unspecified atom stereocenters. The zero-order valence-corrected chi connectivity index (χ0v) is 10.9. The van der Waals surface area contributed by atoms with Crippen molar-refractivity contribution in [3.8, 4) is 5.75 Å². The van der Waals surface area contributed by atoms with Gasteiger partial charge in [0.1, 0.15) is 11.0 Å². The van der Waals surface area contributed by atoms with Crippen LogP contribution in [0.1, 0.15) is 6.42 Å². The van der Waals surface area contributed by atoms with Crippen LogP contribution in [0.4, 0.5) is 11.4 Å². The number of nitrogens with zero attached hydrogens (tertiary/aromatic N) is 2. The molecule has 1 atom stereocenters. The molecule has 20 heavy (non-hydrogen) atoms. The molecule has 1 aliphatic heterocycles. The third-order valence-electron chi connectivity index (χ3n) is 3.01.